The third-order valence-corrected chi connectivity index (χ3v) is 3.18. The molecular formula is C16H18N2O2. The van der Waals surface area contributed by atoms with Crippen molar-refractivity contribution >= 4 is 11.7 Å². The largest absolute Gasteiger partial charge is 0.480 e. The van der Waals surface area contributed by atoms with Crippen molar-refractivity contribution in [1.82, 2.24) is 4.98 Å². The van der Waals surface area contributed by atoms with Crippen LogP contribution in [0.4, 0.5) is 5.69 Å². The number of carbonyl (C=O) groups is 1. The van der Waals surface area contributed by atoms with Crippen LogP contribution in [-0.2, 0) is 11.3 Å². The van der Waals surface area contributed by atoms with Crippen molar-refractivity contribution in [3.8, 4) is 0 Å². The minimum absolute atomic E-state index is 0.0426. The average Bonchev–Trinajstić information content (AvgIpc) is 2.41. The molecule has 0 aliphatic heterocycles. The van der Waals surface area contributed by atoms with Crippen LogP contribution in [0, 0.1) is 13.8 Å². The number of pyridine rings is 1. The highest BCUT2D eigenvalue weighted by atomic mass is 16.4. The molecule has 4 heteroatoms. The molecule has 0 saturated heterocycles. The van der Waals surface area contributed by atoms with Gasteiger partial charge in [-0.1, -0.05) is 23.8 Å². The molecule has 0 aliphatic carbocycles. The summed E-state index contributed by atoms with van der Waals surface area (Å²) in [5.74, 6) is -0.848. The Morgan fingerprint density at radius 3 is 2.50 bits per heavy atom. The topological polar surface area (TPSA) is 53.4 Å². The van der Waals surface area contributed by atoms with Crippen molar-refractivity contribution in [2.75, 3.05) is 11.4 Å². The van der Waals surface area contributed by atoms with E-state index in [0.717, 1.165) is 22.5 Å². The second kappa shape index (κ2) is 6.19. The molecule has 104 valence electrons. The lowest BCUT2D eigenvalue weighted by molar-refractivity contribution is -0.135. The molecule has 1 aromatic carbocycles. The first-order chi connectivity index (χ1) is 9.56. The van der Waals surface area contributed by atoms with Crippen molar-refractivity contribution in [3.63, 3.8) is 0 Å². The number of rotatable bonds is 5. The number of carboxylic acids is 1. The molecule has 20 heavy (non-hydrogen) atoms. The first-order valence-corrected chi connectivity index (χ1v) is 6.50. The van der Waals surface area contributed by atoms with Crippen LogP contribution < -0.4 is 4.90 Å². The van der Waals surface area contributed by atoms with E-state index in [9.17, 15) is 4.79 Å². The van der Waals surface area contributed by atoms with Crippen LogP contribution in [0.15, 0.2) is 42.6 Å². The maximum absolute atomic E-state index is 11.1. The molecule has 0 atom stereocenters. The molecule has 0 amide bonds. The van der Waals surface area contributed by atoms with Gasteiger partial charge in [-0.2, -0.15) is 0 Å². The quantitative estimate of drug-likeness (QED) is 0.907. The van der Waals surface area contributed by atoms with Crippen LogP contribution in [0.2, 0.25) is 0 Å². The highest BCUT2D eigenvalue weighted by molar-refractivity contribution is 5.73. The summed E-state index contributed by atoms with van der Waals surface area (Å²) in [6, 6.07) is 11.7. The molecule has 1 N–H and O–H groups in total. The smallest absolute Gasteiger partial charge is 0.323 e. The fourth-order valence-corrected chi connectivity index (χ4v) is 2.02. The van der Waals surface area contributed by atoms with Gasteiger partial charge < -0.3 is 10.0 Å². The van der Waals surface area contributed by atoms with Crippen molar-refractivity contribution in [1.29, 1.82) is 0 Å². The van der Waals surface area contributed by atoms with E-state index in [1.165, 1.54) is 0 Å². The lowest BCUT2D eigenvalue weighted by atomic mass is 10.1. The first-order valence-electron chi connectivity index (χ1n) is 6.50. The van der Waals surface area contributed by atoms with Gasteiger partial charge in [-0.3, -0.25) is 9.78 Å². The summed E-state index contributed by atoms with van der Waals surface area (Å²) < 4.78 is 0. The minimum Gasteiger partial charge on any atom is -0.480 e. The third-order valence-electron chi connectivity index (χ3n) is 3.18. The molecule has 2 rings (SSSR count). The fraction of sp³-hybridized carbons (Fsp3) is 0.250. The summed E-state index contributed by atoms with van der Waals surface area (Å²) in [5.41, 5.74) is 4.01. The summed E-state index contributed by atoms with van der Waals surface area (Å²) in [5, 5.41) is 9.09. The van der Waals surface area contributed by atoms with E-state index in [1.807, 2.05) is 55.1 Å². The second-order valence-corrected chi connectivity index (χ2v) is 4.85. The van der Waals surface area contributed by atoms with Crippen LogP contribution in [0.3, 0.4) is 0 Å². The number of hydrogen-bond acceptors (Lipinski definition) is 3. The van der Waals surface area contributed by atoms with E-state index < -0.39 is 5.97 Å². The van der Waals surface area contributed by atoms with Gasteiger partial charge in [0.2, 0.25) is 0 Å². The number of aliphatic carboxylic acids is 1. The van der Waals surface area contributed by atoms with Gasteiger partial charge in [-0.15, -0.1) is 0 Å². The van der Waals surface area contributed by atoms with Gasteiger partial charge in [0.15, 0.2) is 0 Å². The second-order valence-electron chi connectivity index (χ2n) is 4.85. The predicted molar refractivity (Wildman–Crippen MR) is 78.8 cm³/mol. The van der Waals surface area contributed by atoms with Crippen molar-refractivity contribution in [3.05, 3.63) is 59.4 Å². The number of nitrogens with zero attached hydrogens (tertiary/aromatic N) is 2. The Bertz CT molecular complexity index is 594. The predicted octanol–water partition coefficient (Wildman–Crippen LogP) is 2.79. The van der Waals surface area contributed by atoms with Crippen LogP contribution in [0.25, 0.3) is 0 Å². The SMILES string of the molecule is Cc1ccc(N(CC(=O)O)Cc2ncccc2C)cc1. The number of carboxylic acid groups (broad SMARTS) is 1. The Labute approximate surface area is 118 Å². The Balaban J connectivity index is 2.26. The van der Waals surface area contributed by atoms with Crippen LogP contribution in [0.5, 0.6) is 0 Å². The standard InChI is InChI=1S/C16H18N2O2/c1-12-5-7-14(8-6-12)18(11-16(19)20)10-15-13(2)4-3-9-17-15/h3-9H,10-11H2,1-2H3,(H,19,20). The normalized spacial score (nSPS) is 10.3. The van der Waals surface area contributed by atoms with E-state index >= 15 is 0 Å². The zero-order valence-corrected chi connectivity index (χ0v) is 11.7. The van der Waals surface area contributed by atoms with E-state index in [0.29, 0.717) is 6.54 Å². The Morgan fingerprint density at radius 1 is 1.20 bits per heavy atom. The third kappa shape index (κ3) is 3.57. The maximum Gasteiger partial charge on any atom is 0.323 e. The zero-order valence-electron chi connectivity index (χ0n) is 11.7. The van der Waals surface area contributed by atoms with E-state index in [4.69, 9.17) is 5.11 Å². The first kappa shape index (κ1) is 14.1. The number of aryl methyl sites for hydroxylation is 2. The van der Waals surface area contributed by atoms with E-state index in [1.54, 1.807) is 6.20 Å². The lowest BCUT2D eigenvalue weighted by Gasteiger charge is -2.23. The molecule has 0 saturated carbocycles. The number of anilines is 1. The highest BCUT2D eigenvalue weighted by Gasteiger charge is 2.13. The highest BCUT2D eigenvalue weighted by Crippen LogP contribution is 2.18. The summed E-state index contributed by atoms with van der Waals surface area (Å²) in [7, 11) is 0. The van der Waals surface area contributed by atoms with Crippen molar-refractivity contribution in [2.24, 2.45) is 0 Å². The Morgan fingerprint density at radius 2 is 1.90 bits per heavy atom. The summed E-state index contributed by atoms with van der Waals surface area (Å²) in [6.07, 6.45) is 1.73. The van der Waals surface area contributed by atoms with Crippen molar-refractivity contribution < 1.29 is 9.90 Å². The average molecular weight is 270 g/mol. The molecule has 0 fully saturated rings. The molecule has 0 unspecified atom stereocenters. The van der Waals surface area contributed by atoms with Gasteiger partial charge in [0.05, 0.1) is 12.2 Å². The Kier molecular flexibility index (Phi) is 4.35. The van der Waals surface area contributed by atoms with Gasteiger partial charge in [-0.05, 0) is 37.6 Å². The molecule has 0 aliphatic rings. The number of benzene rings is 1. The Hall–Kier alpha value is -2.36. The van der Waals surface area contributed by atoms with Gasteiger partial charge >= 0.3 is 5.97 Å². The van der Waals surface area contributed by atoms with Gasteiger partial charge in [-0.25, -0.2) is 0 Å². The molecule has 0 spiro atoms. The zero-order chi connectivity index (χ0) is 14.5. The monoisotopic (exact) mass is 270 g/mol. The molecule has 1 aromatic heterocycles. The van der Waals surface area contributed by atoms with E-state index in [2.05, 4.69) is 4.98 Å². The summed E-state index contributed by atoms with van der Waals surface area (Å²) in [4.78, 5) is 17.2. The molecule has 4 nitrogen and oxygen atoms in total. The van der Waals surface area contributed by atoms with Crippen molar-refractivity contribution in [2.45, 2.75) is 20.4 Å². The van der Waals surface area contributed by atoms with Gasteiger partial charge in [0.25, 0.3) is 0 Å². The minimum atomic E-state index is -0.848. The van der Waals surface area contributed by atoms with Gasteiger partial charge in [0.1, 0.15) is 6.54 Å². The van der Waals surface area contributed by atoms with Crippen LogP contribution in [-0.4, -0.2) is 22.6 Å². The maximum atomic E-state index is 11.1. The fourth-order valence-electron chi connectivity index (χ4n) is 2.02. The van der Waals surface area contributed by atoms with Crippen LogP contribution in [0.1, 0.15) is 16.8 Å². The summed E-state index contributed by atoms with van der Waals surface area (Å²) in [6.45, 7) is 4.44. The summed E-state index contributed by atoms with van der Waals surface area (Å²) >= 11 is 0. The van der Waals surface area contributed by atoms with Gasteiger partial charge in [0, 0.05) is 11.9 Å². The molecular weight excluding hydrogens is 252 g/mol. The molecule has 0 radical (unpaired) electrons. The molecule has 1 heterocycles. The number of aromatic nitrogens is 1. The van der Waals surface area contributed by atoms with E-state index in [-0.39, 0.29) is 6.54 Å². The number of hydrogen-bond donors (Lipinski definition) is 1. The lowest BCUT2D eigenvalue weighted by Crippen LogP contribution is -2.29. The van der Waals surface area contributed by atoms with Crippen LogP contribution >= 0.6 is 0 Å². The molecule has 0 bridgehead atoms. The molecule has 2 aromatic rings.